The minimum atomic E-state index is -0.863. The Kier molecular flexibility index (Phi) is 7.38. The summed E-state index contributed by atoms with van der Waals surface area (Å²) in [6.45, 7) is 10.7. The van der Waals surface area contributed by atoms with Gasteiger partial charge in [0.05, 0.1) is 7.11 Å². The summed E-state index contributed by atoms with van der Waals surface area (Å²) in [6.07, 6.45) is 0.950. The molecule has 1 aliphatic rings. The molecule has 1 saturated heterocycles. The molecule has 0 bridgehead atoms. The zero-order chi connectivity index (χ0) is 20.8. The molecule has 2 amide bonds. The molecule has 152 valence electrons. The van der Waals surface area contributed by atoms with Gasteiger partial charge in [0, 0.05) is 18.3 Å². The van der Waals surface area contributed by atoms with Gasteiger partial charge in [-0.1, -0.05) is 0 Å². The van der Waals surface area contributed by atoms with Crippen LogP contribution in [-0.2, 0) is 19.0 Å². The fourth-order valence-electron chi connectivity index (χ4n) is 2.21. The second kappa shape index (κ2) is 8.88. The maximum atomic E-state index is 12.2. The lowest BCUT2D eigenvalue weighted by molar-refractivity contribution is -0.134. The average Bonchev–Trinajstić information content (AvgIpc) is 2.90. The predicted molar refractivity (Wildman–Crippen MR) is 99.1 cm³/mol. The van der Waals surface area contributed by atoms with Crippen molar-refractivity contribution in [3.63, 3.8) is 0 Å². The number of amides is 2. The molecular formula is C18H29N3O6. The molecule has 0 aliphatic carbocycles. The van der Waals surface area contributed by atoms with Crippen molar-refractivity contribution in [2.45, 2.75) is 65.6 Å². The first-order chi connectivity index (χ1) is 12.3. The van der Waals surface area contributed by atoms with Gasteiger partial charge in [-0.25, -0.2) is 14.4 Å². The van der Waals surface area contributed by atoms with Crippen LogP contribution in [0.1, 0.15) is 54.4 Å². The van der Waals surface area contributed by atoms with E-state index in [0.717, 1.165) is 0 Å². The number of hydrogen-bond acceptors (Lipinski definition) is 6. The molecule has 0 spiro atoms. The van der Waals surface area contributed by atoms with E-state index in [4.69, 9.17) is 9.47 Å². The first kappa shape index (κ1) is 22.5. The number of methoxy groups -OCH3 is 1. The molecule has 0 saturated carbocycles. The van der Waals surface area contributed by atoms with E-state index in [0.29, 0.717) is 25.1 Å². The Bertz CT molecular complexity index is 640. The first-order valence-corrected chi connectivity index (χ1v) is 8.68. The molecule has 9 nitrogen and oxygen atoms in total. The van der Waals surface area contributed by atoms with Gasteiger partial charge >= 0.3 is 18.2 Å². The highest BCUT2D eigenvalue weighted by Crippen LogP contribution is 2.22. The number of nitrogens with zero attached hydrogens (tertiary/aromatic N) is 2. The maximum Gasteiger partial charge on any atom is 0.437 e. The molecule has 1 rings (SSSR count). The molecule has 0 aromatic rings. The van der Waals surface area contributed by atoms with Crippen molar-refractivity contribution in [1.29, 1.82) is 0 Å². The molecule has 0 radical (unpaired) electrons. The number of allylic oxidation sites excluding steroid dienone is 1. The number of aliphatic imine (C=N–C) groups is 1. The van der Waals surface area contributed by atoms with Gasteiger partial charge < -0.3 is 19.1 Å². The van der Waals surface area contributed by atoms with E-state index in [1.807, 2.05) is 0 Å². The molecule has 0 unspecified atom stereocenters. The van der Waals surface area contributed by atoms with E-state index in [1.165, 1.54) is 13.2 Å². The van der Waals surface area contributed by atoms with Gasteiger partial charge in [-0.15, -0.1) is 4.99 Å². The molecular weight excluding hydrogens is 354 g/mol. The number of carbonyl (C=O) groups excluding carboxylic acids is 3. The highest BCUT2D eigenvalue weighted by atomic mass is 16.6. The van der Waals surface area contributed by atoms with Crippen molar-refractivity contribution in [2.24, 2.45) is 4.99 Å². The summed E-state index contributed by atoms with van der Waals surface area (Å²) >= 11 is 0. The van der Waals surface area contributed by atoms with Crippen molar-refractivity contribution in [1.82, 2.24) is 10.2 Å². The monoisotopic (exact) mass is 383 g/mol. The van der Waals surface area contributed by atoms with Crippen LogP contribution >= 0.6 is 0 Å². The van der Waals surface area contributed by atoms with E-state index in [9.17, 15) is 14.4 Å². The van der Waals surface area contributed by atoms with Gasteiger partial charge in [0.1, 0.15) is 11.2 Å². The van der Waals surface area contributed by atoms with Crippen molar-refractivity contribution in [3.05, 3.63) is 11.8 Å². The molecule has 1 N–H and O–H groups in total. The average molecular weight is 383 g/mol. The van der Waals surface area contributed by atoms with Crippen LogP contribution in [0.5, 0.6) is 0 Å². The standard InChI is InChI=1S/C18H29N3O6/c1-17(2,3)26-15(23)19-14(20-16(24)27-18(4,5)6)21-10-8-9-12(21)11-13(22)25-7/h11H,8-10H2,1-7H3,(H,19,20,23,24). The van der Waals surface area contributed by atoms with Gasteiger partial charge in [0.2, 0.25) is 5.96 Å². The molecule has 1 heterocycles. The van der Waals surface area contributed by atoms with E-state index in [-0.39, 0.29) is 5.96 Å². The third kappa shape index (κ3) is 8.57. The molecule has 27 heavy (non-hydrogen) atoms. The minimum absolute atomic E-state index is 0.0637. The topological polar surface area (TPSA) is 107 Å². The third-order valence-corrected chi connectivity index (χ3v) is 3.11. The Balaban J connectivity index is 3.13. The number of likely N-dealkylation sites (tertiary alicyclic amines) is 1. The van der Waals surface area contributed by atoms with Gasteiger partial charge in [0.25, 0.3) is 0 Å². The second-order valence-electron chi connectivity index (χ2n) is 7.96. The van der Waals surface area contributed by atoms with Crippen molar-refractivity contribution in [2.75, 3.05) is 13.7 Å². The van der Waals surface area contributed by atoms with Gasteiger partial charge in [-0.05, 0) is 54.4 Å². The minimum Gasteiger partial charge on any atom is -0.466 e. The zero-order valence-electron chi connectivity index (χ0n) is 17.0. The fraction of sp³-hybridized carbons (Fsp3) is 0.667. The Morgan fingerprint density at radius 2 is 1.67 bits per heavy atom. The van der Waals surface area contributed by atoms with Crippen LogP contribution in [0.15, 0.2) is 16.8 Å². The Morgan fingerprint density at radius 1 is 1.07 bits per heavy atom. The Hall–Kier alpha value is -2.58. The van der Waals surface area contributed by atoms with Crippen LogP contribution in [0.2, 0.25) is 0 Å². The summed E-state index contributed by atoms with van der Waals surface area (Å²) in [7, 11) is 1.27. The highest BCUT2D eigenvalue weighted by Gasteiger charge is 2.28. The van der Waals surface area contributed by atoms with Crippen LogP contribution < -0.4 is 5.32 Å². The molecule has 1 fully saturated rings. The van der Waals surface area contributed by atoms with Gasteiger partial charge in [-0.3, -0.25) is 5.32 Å². The van der Waals surface area contributed by atoms with E-state index >= 15 is 0 Å². The summed E-state index contributed by atoms with van der Waals surface area (Å²) in [5.74, 6) is -0.600. The van der Waals surface area contributed by atoms with Crippen LogP contribution in [0, 0.1) is 0 Å². The lowest BCUT2D eigenvalue weighted by Crippen LogP contribution is -2.45. The molecule has 0 atom stereocenters. The molecule has 1 aliphatic heterocycles. The second-order valence-corrected chi connectivity index (χ2v) is 7.96. The van der Waals surface area contributed by atoms with E-state index in [1.54, 1.807) is 46.4 Å². The molecule has 0 aromatic carbocycles. The van der Waals surface area contributed by atoms with Crippen molar-refractivity contribution in [3.8, 4) is 0 Å². The number of alkyl carbamates (subject to hydrolysis) is 1. The van der Waals surface area contributed by atoms with E-state index < -0.39 is 29.4 Å². The van der Waals surface area contributed by atoms with Crippen LogP contribution in [0.4, 0.5) is 9.59 Å². The quantitative estimate of drug-likeness (QED) is 0.244. The number of rotatable bonds is 1. The summed E-state index contributed by atoms with van der Waals surface area (Å²) in [6, 6.07) is 0. The number of hydrogen-bond donors (Lipinski definition) is 1. The van der Waals surface area contributed by atoms with Crippen molar-refractivity contribution >= 4 is 24.1 Å². The van der Waals surface area contributed by atoms with Gasteiger partial charge in [0.15, 0.2) is 0 Å². The summed E-state index contributed by atoms with van der Waals surface area (Å²) < 4.78 is 15.1. The lowest BCUT2D eigenvalue weighted by Gasteiger charge is -2.25. The number of carbonyl (C=O) groups is 3. The predicted octanol–water partition coefficient (Wildman–Crippen LogP) is 2.95. The fourth-order valence-corrected chi connectivity index (χ4v) is 2.21. The summed E-state index contributed by atoms with van der Waals surface area (Å²) in [5, 5.41) is 2.47. The zero-order valence-corrected chi connectivity index (χ0v) is 17.0. The lowest BCUT2D eigenvalue weighted by atomic mass is 10.2. The van der Waals surface area contributed by atoms with Gasteiger partial charge in [-0.2, -0.15) is 0 Å². The molecule has 0 aromatic heterocycles. The van der Waals surface area contributed by atoms with Crippen molar-refractivity contribution < 1.29 is 28.6 Å². The number of ether oxygens (including phenoxy) is 3. The Morgan fingerprint density at radius 3 is 2.19 bits per heavy atom. The maximum absolute atomic E-state index is 12.2. The number of nitrogens with one attached hydrogen (secondary N) is 1. The largest absolute Gasteiger partial charge is 0.466 e. The number of guanidine groups is 1. The Labute approximate surface area is 159 Å². The number of esters is 1. The summed E-state index contributed by atoms with van der Waals surface area (Å²) in [4.78, 5) is 41.3. The molecule has 9 heteroatoms. The van der Waals surface area contributed by atoms with Crippen LogP contribution in [0.25, 0.3) is 0 Å². The SMILES string of the molecule is COC(=O)C=C1CCCN1C(=NC(=O)OC(C)(C)C)NC(=O)OC(C)(C)C. The normalized spacial score (nSPS) is 16.9. The van der Waals surface area contributed by atoms with E-state index in [2.05, 4.69) is 15.0 Å². The third-order valence-electron chi connectivity index (χ3n) is 3.11. The first-order valence-electron chi connectivity index (χ1n) is 8.68. The van der Waals surface area contributed by atoms with Crippen LogP contribution in [0.3, 0.4) is 0 Å². The van der Waals surface area contributed by atoms with Crippen LogP contribution in [-0.4, -0.2) is 53.9 Å². The highest BCUT2D eigenvalue weighted by molar-refractivity contribution is 6.00. The smallest absolute Gasteiger partial charge is 0.437 e. The summed E-state index contributed by atoms with van der Waals surface area (Å²) in [5.41, 5.74) is -0.898.